The van der Waals surface area contributed by atoms with Crippen LogP contribution in [0.4, 0.5) is 13.2 Å². The number of aromatic nitrogens is 3. The summed E-state index contributed by atoms with van der Waals surface area (Å²) in [7, 11) is 1.53. The van der Waals surface area contributed by atoms with E-state index in [0.717, 1.165) is 17.5 Å². The van der Waals surface area contributed by atoms with E-state index in [-0.39, 0.29) is 18.1 Å². The monoisotopic (exact) mass is 485 g/mol. The number of methoxy groups -OCH3 is 1. The number of thiazole rings is 1. The summed E-state index contributed by atoms with van der Waals surface area (Å²) < 4.78 is 54.0. The second kappa shape index (κ2) is 8.41. The van der Waals surface area contributed by atoms with E-state index in [0.29, 0.717) is 33.2 Å². The minimum Gasteiger partial charge on any atom is -0.497 e. The summed E-state index contributed by atoms with van der Waals surface area (Å²) in [4.78, 5) is 21.2. The molecule has 5 rings (SSSR count). The van der Waals surface area contributed by atoms with Gasteiger partial charge in [-0.25, -0.2) is 9.78 Å². The fourth-order valence-corrected chi connectivity index (χ4v) is 4.08. The topological polar surface area (TPSA) is 91.3 Å². The molecule has 0 bridgehead atoms. The molecular formula is C23H14F3N3O4S. The molecule has 11 heteroatoms. The SMILES string of the molecule is COc1ccc2cc(-c3csc(Cc4nc(-c5ccc(C(F)(F)F)cc5)no4)n3)c(=O)oc2c1. The summed E-state index contributed by atoms with van der Waals surface area (Å²) in [5.74, 6) is 0.995. The van der Waals surface area contributed by atoms with Crippen LogP contribution in [-0.2, 0) is 12.6 Å². The highest BCUT2D eigenvalue weighted by atomic mass is 32.1. The van der Waals surface area contributed by atoms with Gasteiger partial charge in [0.25, 0.3) is 0 Å². The van der Waals surface area contributed by atoms with Crippen molar-refractivity contribution in [3.63, 3.8) is 0 Å². The van der Waals surface area contributed by atoms with Crippen LogP contribution in [0.5, 0.6) is 5.75 Å². The third-order valence-electron chi connectivity index (χ3n) is 5.01. The van der Waals surface area contributed by atoms with E-state index in [1.165, 1.54) is 30.6 Å². The Morgan fingerprint density at radius 2 is 1.85 bits per heavy atom. The molecule has 0 unspecified atom stereocenters. The van der Waals surface area contributed by atoms with Crippen LogP contribution in [0.25, 0.3) is 33.6 Å². The molecule has 0 radical (unpaired) electrons. The van der Waals surface area contributed by atoms with Gasteiger partial charge < -0.3 is 13.7 Å². The second-order valence-electron chi connectivity index (χ2n) is 7.24. The van der Waals surface area contributed by atoms with Crippen molar-refractivity contribution in [2.45, 2.75) is 12.6 Å². The number of fused-ring (bicyclic) bond motifs is 1. The van der Waals surface area contributed by atoms with Crippen molar-refractivity contribution >= 4 is 22.3 Å². The molecule has 3 aromatic heterocycles. The number of alkyl halides is 3. The minimum atomic E-state index is -4.42. The molecule has 0 atom stereocenters. The molecule has 0 spiro atoms. The Morgan fingerprint density at radius 3 is 2.59 bits per heavy atom. The van der Waals surface area contributed by atoms with E-state index in [4.69, 9.17) is 13.7 Å². The fraction of sp³-hybridized carbons (Fsp3) is 0.130. The lowest BCUT2D eigenvalue weighted by Gasteiger charge is -2.05. The molecule has 3 heterocycles. The van der Waals surface area contributed by atoms with Crippen molar-refractivity contribution in [3.8, 4) is 28.4 Å². The molecular weight excluding hydrogens is 471 g/mol. The van der Waals surface area contributed by atoms with Gasteiger partial charge in [0, 0.05) is 22.4 Å². The molecule has 7 nitrogen and oxygen atoms in total. The molecule has 0 saturated heterocycles. The first-order chi connectivity index (χ1) is 16.3. The quantitative estimate of drug-likeness (QED) is 0.300. The molecule has 0 amide bonds. The molecule has 0 saturated carbocycles. The predicted molar refractivity (Wildman–Crippen MR) is 118 cm³/mol. The van der Waals surface area contributed by atoms with Gasteiger partial charge in [-0.2, -0.15) is 18.2 Å². The van der Waals surface area contributed by atoms with Crippen LogP contribution in [0.3, 0.4) is 0 Å². The van der Waals surface area contributed by atoms with Crippen LogP contribution in [0, 0.1) is 0 Å². The number of hydrogen-bond donors (Lipinski definition) is 0. The zero-order valence-electron chi connectivity index (χ0n) is 17.4. The van der Waals surface area contributed by atoms with E-state index in [9.17, 15) is 18.0 Å². The van der Waals surface area contributed by atoms with E-state index < -0.39 is 17.4 Å². The number of nitrogens with zero attached hydrogens (tertiary/aromatic N) is 3. The van der Waals surface area contributed by atoms with E-state index in [2.05, 4.69) is 15.1 Å². The first kappa shape index (κ1) is 21.8. The van der Waals surface area contributed by atoms with Crippen LogP contribution in [0.1, 0.15) is 16.5 Å². The third kappa shape index (κ3) is 4.29. The van der Waals surface area contributed by atoms with Gasteiger partial charge in [0.2, 0.25) is 11.7 Å². The highest BCUT2D eigenvalue weighted by Gasteiger charge is 2.30. The normalized spacial score (nSPS) is 11.8. The average molecular weight is 485 g/mol. The third-order valence-corrected chi connectivity index (χ3v) is 5.86. The van der Waals surface area contributed by atoms with Crippen LogP contribution in [0.2, 0.25) is 0 Å². The summed E-state index contributed by atoms with van der Waals surface area (Å²) in [6.45, 7) is 0. The van der Waals surface area contributed by atoms with Crippen LogP contribution in [-0.4, -0.2) is 22.2 Å². The second-order valence-corrected chi connectivity index (χ2v) is 8.18. The van der Waals surface area contributed by atoms with Crippen molar-refractivity contribution < 1.29 is 26.8 Å². The van der Waals surface area contributed by atoms with Crippen LogP contribution >= 0.6 is 11.3 Å². The van der Waals surface area contributed by atoms with Crippen molar-refractivity contribution in [3.05, 3.63) is 80.8 Å². The Hall–Kier alpha value is -3.99. The van der Waals surface area contributed by atoms with E-state index in [1.807, 2.05) is 0 Å². The van der Waals surface area contributed by atoms with Gasteiger partial charge in [-0.05, 0) is 30.3 Å². The highest BCUT2D eigenvalue weighted by molar-refractivity contribution is 7.10. The Balaban J connectivity index is 1.36. The Kier molecular flexibility index (Phi) is 5.40. The predicted octanol–water partition coefficient (Wildman–Crippen LogP) is 5.58. The molecule has 0 aliphatic rings. The maximum Gasteiger partial charge on any atom is 0.416 e. The molecule has 0 aliphatic heterocycles. The lowest BCUT2D eigenvalue weighted by molar-refractivity contribution is -0.137. The van der Waals surface area contributed by atoms with E-state index in [1.54, 1.807) is 29.6 Å². The number of ether oxygens (including phenoxy) is 1. The number of halogens is 3. The highest BCUT2D eigenvalue weighted by Crippen LogP contribution is 2.31. The van der Waals surface area contributed by atoms with Gasteiger partial charge in [-0.3, -0.25) is 0 Å². The van der Waals surface area contributed by atoms with Crippen molar-refractivity contribution in [1.82, 2.24) is 15.1 Å². The lowest BCUT2D eigenvalue weighted by atomic mass is 10.1. The Labute approximate surface area is 193 Å². The summed E-state index contributed by atoms with van der Waals surface area (Å²) in [5, 5.41) is 6.90. The molecule has 0 fully saturated rings. The number of rotatable bonds is 5. The number of benzene rings is 2. The molecule has 0 N–H and O–H groups in total. The number of hydrogen-bond acceptors (Lipinski definition) is 8. The standard InChI is InChI=1S/C23H14F3N3O4S/c1-31-15-7-4-13-8-16(22(30)32-18(13)9-15)17-11-34-20(27-17)10-19-28-21(29-33-19)12-2-5-14(6-3-12)23(24,25)26/h2-9,11H,10H2,1H3. The maximum absolute atomic E-state index is 12.7. The zero-order valence-corrected chi connectivity index (χ0v) is 18.2. The molecule has 2 aromatic carbocycles. The van der Waals surface area contributed by atoms with Crippen LogP contribution in [0.15, 0.2) is 67.6 Å². The summed E-state index contributed by atoms with van der Waals surface area (Å²) in [6.07, 6.45) is -4.22. The van der Waals surface area contributed by atoms with Gasteiger partial charge in [0.15, 0.2) is 0 Å². The smallest absolute Gasteiger partial charge is 0.416 e. The maximum atomic E-state index is 12.7. The first-order valence-electron chi connectivity index (χ1n) is 9.87. The van der Waals surface area contributed by atoms with Gasteiger partial charge >= 0.3 is 11.8 Å². The van der Waals surface area contributed by atoms with Crippen LogP contribution < -0.4 is 10.4 Å². The lowest BCUT2D eigenvalue weighted by Crippen LogP contribution is -2.04. The van der Waals surface area contributed by atoms with Crippen molar-refractivity contribution in [2.24, 2.45) is 0 Å². The molecule has 34 heavy (non-hydrogen) atoms. The Bertz CT molecular complexity index is 1540. The van der Waals surface area contributed by atoms with Crippen molar-refractivity contribution in [2.75, 3.05) is 7.11 Å². The van der Waals surface area contributed by atoms with Gasteiger partial charge in [0.05, 0.1) is 30.4 Å². The van der Waals surface area contributed by atoms with Gasteiger partial charge in [-0.15, -0.1) is 11.3 Å². The zero-order chi connectivity index (χ0) is 23.9. The fourth-order valence-electron chi connectivity index (χ4n) is 3.29. The minimum absolute atomic E-state index is 0.172. The van der Waals surface area contributed by atoms with Gasteiger partial charge in [-0.1, -0.05) is 17.3 Å². The summed E-state index contributed by atoms with van der Waals surface area (Å²) in [5.41, 5.74) is 0.288. The largest absolute Gasteiger partial charge is 0.497 e. The molecule has 0 aliphatic carbocycles. The summed E-state index contributed by atoms with van der Waals surface area (Å²) in [6, 6.07) is 11.4. The molecule has 172 valence electrons. The first-order valence-corrected chi connectivity index (χ1v) is 10.7. The van der Waals surface area contributed by atoms with Gasteiger partial charge in [0.1, 0.15) is 16.3 Å². The average Bonchev–Trinajstić information content (AvgIpc) is 3.48. The van der Waals surface area contributed by atoms with Crippen molar-refractivity contribution in [1.29, 1.82) is 0 Å². The Morgan fingerprint density at radius 1 is 1.06 bits per heavy atom. The summed E-state index contributed by atoms with van der Waals surface area (Å²) >= 11 is 1.30. The van der Waals surface area contributed by atoms with E-state index >= 15 is 0 Å². The molecule has 5 aromatic rings.